The standard InChI is InChI=1S/C9H17N3S/c1-4-13-9(7(2)10)8-5-11-12(3)6-8/h5-7,9H,4,10H2,1-3H3. The number of hydrogen-bond donors (Lipinski definition) is 1. The molecule has 1 heterocycles. The minimum Gasteiger partial charge on any atom is -0.327 e. The van der Waals surface area contributed by atoms with Gasteiger partial charge in [-0.1, -0.05) is 6.92 Å². The van der Waals surface area contributed by atoms with E-state index < -0.39 is 0 Å². The summed E-state index contributed by atoms with van der Waals surface area (Å²) in [6.45, 7) is 4.19. The number of aromatic nitrogens is 2. The van der Waals surface area contributed by atoms with E-state index in [4.69, 9.17) is 5.73 Å². The third kappa shape index (κ3) is 2.74. The Hall–Kier alpha value is -0.480. The minimum atomic E-state index is 0.175. The van der Waals surface area contributed by atoms with Gasteiger partial charge in [0.1, 0.15) is 0 Å². The van der Waals surface area contributed by atoms with Crippen LogP contribution in [0.5, 0.6) is 0 Å². The lowest BCUT2D eigenvalue weighted by Crippen LogP contribution is -2.22. The Morgan fingerprint density at radius 2 is 2.38 bits per heavy atom. The lowest BCUT2D eigenvalue weighted by atomic mass is 10.1. The molecule has 74 valence electrons. The van der Waals surface area contributed by atoms with Gasteiger partial charge in [-0.15, -0.1) is 0 Å². The van der Waals surface area contributed by atoms with Crippen LogP contribution < -0.4 is 5.73 Å². The van der Waals surface area contributed by atoms with Gasteiger partial charge in [0.05, 0.1) is 6.20 Å². The molecule has 2 unspecified atom stereocenters. The molecule has 1 rings (SSSR count). The Morgan fingerprint density at radius 3 is 2.77 bits per heavy atom. The van der Waals surface area contributed by atoms with Gasteiger partial charge in [0.2, 0.25) is 0 Å². The quantitative estimate of drug-likeness (QED) is 0.800. The van der Waals surface area contributed by atoms with Gasteiger partial charge in [0.25, 0.3) is 0 Å². The van der Waals surface area contributed by atoms with E-state index in [0.29, 0.717) is 5.25 Å². The second-order valence-corrected chi connectivity index (χ2v) is 4.60. The maximum absolute atomic E-state index is 5.91. The fourth-order valence-electron chi connectivity index (χ4n) is 1.32. The molecule has 0 aliphatic heterocycles. The van der Waals surface area contributed by atoms with Crippen LogP contribution in [0.3, 0.4) is 0 Å². The summed E-state index contributed by atoms with van der Waals surface area (Å²) < 4.78 is 1.82. The molecule has 1 aromatic heterocycles. The minimum absolute atomic E-state index is 0.175. The summed E-state index contributed by atoms with van der Waals surface area (Å²) in [7, 11) is 1.93. The number of thioether (sulfide) groups is 1. The van der Waals surface area contributed by atoms with Crippen LogP contribution >= 0.6 is 11.8 Å². The Labute approximate surface area is 83.7 Å². The van der Waals surface area contributed by atoms with Crippen molar-refractivity contribution in [2.75, 3.05) is 5.75 Å². The zero-order chi connectivity index (χ0) is 9.84. The second-order valence-electron chi connectivity index (χ2n) is 3.18. The van der Waals surface area contributed by atoms with E-state index in [2.05, 4.69) is 12.0 Å². The molecule has 1 aromatic rings. The summed E-state index contributed by atoms with van der Waals surface area (Å²) in [5, 5.41) is 4.52. The molecule has 0 aliphatic rings. The van der Waals surface area contributed by atoms with Crippen LogP contribution in [0, 0.1) is 0 Å². The Morgan fingerprint density at radius 1 is 1.69 bits per heavy atom. The predicted molar refractivity (Wildman–Crippen MR) is 57.7 cm³/mol. The van der Waals surface area contributed by atoms with E-state index >= 15 is 0 Å². The number of nitrogens with zero attached hydrogens (tertiary/aromatic N) is 2. The number of aryl methyl sites for hydroxylation is 1. The lowest BCUT2D eigenvalue weighted by molar-refractivity contribution is 0.719. The molecule has 0 fully saturated rings. The molecule has 0 bridgehead atoms. The highest BCUT2D eigenvalue weighted by Gasteiger charge is 2.16. The SMILES string of the molecule is CCSC(c1cnn(C)c1)C(C)N. The average molecular weight is 199 g/mol. The second kappa shape index (κ2) is 4.67. The van der Waals surface area contributed by atoms with Crippen molar-refractivity contribution in [1.82, 2.24) is 9.78 Å². The molecular weight excluding hydrogens is 182 g/mol. The molecule has 0 saturated heterocycles. The maximum atomic E-state index is 5.91. The number of rotatable bonds is 4. The third-order valence-corrected chi connectivity index (χ3v) is 3.27. The van der Waals surface area contributed by atoms with Crippen molar-refractivity contribution >= 4 is 11.8 Å². The van der Waals surface area contributed by atoms with Crippen LogP contribution in [0.15, 0.2) is 12.4 Å². The number of hydrogen-bond acceptors (Lipinski definition) is 3. The largest absolute Gasteiger partial charge is 0.327 e. The zero-order valence-electron chi connectivity index (χ0n) is 8.40. The summed E-state index contributed by atoms with van der Waals surface area (Å²) in [5.74, 6) is 1.08. The molecule has 0 aromatic carbocycles. The first-order valence-electron chi connectivity index (χ1n) is 4.51. The van der Waals surface area contributed by atoms with Crippen molar-refractivity contribution in [3.63, 3.8) is 0 Å². The average Bonchev–Trinajstić information content (AvgIpc) is 2.46. The first-order valence-corrected chi connectivity index (χ1v) is 5.55. The summed E-state index contributed by atoms with van der Waals surface area (Å²) in [6.07, 6.45) is 3.94. The molecular formula is C9H17N3S. The zero-order valence-corrected chi connectivity index (χ0v) is 9.21. The van der Waals surface area contributed by atoms with Gasteiger partial charge in [-0.2, -0.15) is 16.9 Å². The Bertz CT molecular complexity index is 257. The summed E-state index contributed by atoms with van der Waals surface area (Å²) in [5.41, 5.74) is 7.13. The van der Waals surface area contributed by atoms with Gasteiger partial charge in [-0.25, -0.2) is 0 Å². The van der Waals surface area contributed by atoms with Gasteiger partial charge in [0.15, 0.2) is 0 Å². The molecule has 0 amide bonds. The first kappa shape index (κ1) is 10.6. The first-order chi connectivity index (χ1) is 6.15. The van der Waals surface area contributed by atoms with Gasteiger partial charge < -0.3 is 5.73 Å². The molecule has 4 heteroatoms. The van der Waals surface area contributed by atoms with Gasteiger partial charge in [-0.05, 0) is 12.7 Å². The van der Waals surface area contributed by atoms with E-state index in [1.807, 2.05) is 42.8 Å². The highest BCUT2D eigenvalue weighted by atomic mass is 32.2. The molecule has 0 aliphatic carbocycles. The van der Waals surface area contributed by atoms with Gasteiger partial charge >= 0.3 is 0 Å². The summed E-state index contributed by atoms with van der Waals surface area (Å²) in [6, 6.07) is 0.175. The third-order valence-electron chi connectivity index (χ3n) is 1.88. The highest BCUT2D eigenvalue weighted by molar-refractivity contribution is 7.99. The van der Waals surface area contributed by atoms with Crippen molar-refractivity contribution in [2.24, 2.45) is 12.8 Å². The Kier molecular flexibility index (Phi) is 3.81. The van der Waals surface area contributed by atoms with E-state index in [1.54, 1.807) is 0 Å². The predicted octanol–water partition coefficient (Wildman–Crippen LogP) is 1.56. The molecule has 0 radical (unpaired) electrons. The highest BCUT2D eigenvalue weighted by Crippen LogP contribution is 2.30. The van der Waals surface area contributed by atoms with Crippen molar-refractivity contribution in [3.8, 4) is 0 Å². The van der Waals surface area contributed by atoms with Crippen LogP contribution in [0.2, 0.25) is 0 Å². The Balaban J connectivity index is 2.75. The van der Waals surface area contributed by atoms with E-state index in [9.17, 15) is 0 Å². The topological polar surface area (TPSA) is 43.8 Å². The van der Waals surface area contributed by atoms with Crippen LogP contribution in [0.1, 0.15) is 24.7 Å². The van der Waals surface area contributed by atoms with Crippen molar-refractivity contribution in [2.45, 2.75) is 25.1 Å². The van der Waals surface area contributed by atoms with Crippen molar-refractivity contribution < 1.29 is 0 Å². The summed E-state index contributed by atoms with van der Waals surface area (Å²) >= 11 is 1.87. The van der Waals surface area contributed by atoms with Crippen molar-refractivity contribution in [1.29, 1.82) is 0 Å². The van der Waals surface area contributed by atoms with E-state index in [0.717, 1.165) is 5.75 Å². The fraction of sp³-hybridized carbons (Fsp3) is 0.667. The summed E-state index contributed by atoms with van der Waals surface area (Å²) in [4.78, 5) is 0. The molecule has 0 spiro atoms. The van der Waals surface area contributed by atoms with Gasteiger partial charge in [0, 0.05) is 30.1 Å². The molecule has 2 atom stereocenters. The van der Waals surface area contributed by atoms with E-state index in [1.165, 1.54) is 5.56 Å². The normalized spacial score (nSPS) is 15.7. The van der Waals surface area contributed by atoms with Gasteiger partial charge in [-0.3, -0.25) is 4.68 Å². The monoisotopic (exact) mass is 199 g/mol. The fourth-order valence-corrected chi connectivity index (χ4v) is 2.30. The van der Waals surface area contributed by atoms with Crippen LogP contribution in [0.25, 0.3) is 0 Å². The molecule has 3 nitrogen and oxygen atoms in total. The lowest BCUT2D eigenvalue weighted by Gasteiger charge is -2.17. The van der Waals surface area contributed by atoms with Crippen LogP contribution in [0.4, 0.5) is 0 Å². The molecule has 13 heavy (non-hydrogen) atoms. The molecule has 2 N–H and O–H groups in total. The van der Waals surface area contributed by atoms with Crippen LogP contribution in [-0.4, -0.2) is 21.6 Å². The van der Waals surface area contributed by atoms with Crippen LogP contribution in [-0.2, 0) is 7.05 Å². The van der Waals surface area contributed by atoms with Crippen molar-refractivity contribution in [3.05, 3.63) is 18.0 Å². The van der Waals surface area contributed by atoms with E-state index in [-0.39, 0.29) is 6.04 Å². The molecule has 0 saturated carbocycles. The maximum Gasteiger partial charge on any atom is 0.0533 e. The number of nitrogens with two attached hydrogens (primary N) is 1. The smallest absolute Gasteiger partial charge is 0.0533 e.